The van der Waals surface area contributed by atoms with Gasteiger partial charge in [-0.3, -0.25) is 0 Å². The van der Waals surface area contributed by atoms with Crippen LogP contribution in [-0.2, 0) is 0 Å². The number of hydrogen-bond acceptors (Lipinski definition) is 2. The van der Waals surface area contributed by atoms with Gasteiger partial charge in [-0.25, -0.2) is 0 Å². The van der Waals surface area contributed by atoms with Crippen LogP contribution in [0.4, 0.5) is 0 Å². The Kier molecular flexibility index (Phi) is 46.4. The summed E-state index contributed by atoms with van der Waals surface area (Å²) in [5, 5.41) is 0. The van der Waals surface area contributed by atoms with Crippen LogP contribution < -0.4 is 0 Å². The highest BCUT2D eigenvalue weighted by Gasteiger charge is 2.05. The van der Waals surface area contributed by atoms with Gasteiger partial charge in [0.2, 0.25) is 0 Å². The molecule has 2 aliphatic heterocycles. The maximum atomic E-state index is 2.52. The van der Waals surface area contributed by atoms with E-state index in [4.69, 9.17) is 0 Å². The Bertz CT molecular complexity index is 135. The first-order valence-corrected chi connectivity index (χ1v) is 9.70. The normalized spacial score (nSPS) is 16.8. The molecule has 2 fully saturated rings. The standard InChI is InChI=1S/C7H15N.C5H11N.3CH4.2CH3.2Al/c1-2-8-6-4-3-5-7-8;1-6-4-2-3-5-6;;;;;;;/h2-7H2,1H3;2-5H2,1H3;3*1H4;2*1H3;;. The second-order valence-corrected chi connectivity index (χ2v) is 4.51. The lowest BCUT2D eigenvalue weighted by Crippen LogP contribution is -2.29. The lowest BCUT2D eigenvalue weighted by molar-refractivity contribution is 0.240. The third-order valence-electron chi connectivity index (χ3n) is 3.23. The van der Waals surface area contributed by atoms with Gasteiger partial charge in [0.25, 0.3) is 0 Å². The zero-order valence-electron chi connectivity index (χ0n) is 13.1. The van der Waals surface area contributed by atoms with Crippen LogP contribution >= 0.6 is 0 Å². The lowest BCUT2D eigenvalue weighted by atomic mass is 10.1. The number of rotatable bonds is 1. The second kappa shape index (κ2) is 29.1. The summed E-state index contributed by atoms with van der Waals surface area (Å²) in [5.41, 5.74) is 0. The Hall–Kier alpha value is 0.985. The monoisotopic (exact) mass is 330 g/mol. The van der Waals surface area contributed by atoms with Crippen LogP contribution in [0.15, 0.2) is 0 Å². The molecule has 0 aromatic rings. The third kappa shape index (κ3) is 23.4. The first-order valence-electron chi connectivity index (χ1n) is 7.39. The van der Waals surface area contributed by atoms with Crippen molar-refractivity contribution in [1.29, 1.82) is 0 Å². The van der Waals surface area contributed by atoms with Crippen LogP contribution in [0.1, 0.15) is 61.3 Å². The summed E-state index contributed by atoms with van der Waals surface area (Å²) in [6.07, 6.45) is 7.13. The molecule has 0 aromatic carbocycles. The van der Waals surface area contributed by atoms with Gasteiger partial charge in [-0.1, -0.05) is 35.6 Å². The van der Waals surface area contributed by atoms with Crippen molar-refractivity contribution in [1.82, 2.24) is 9.80 Å². The maximum Gasteiger partial charge on any atom is 0.112 e. The van der Waals surface area contributed by atoms with E-state index < -0.39 is 0 Å². The van der Waals surface area contributed by atoms with E-state index in [0.29, 0.717) is 0 Å². The first-order chi connectivity index (χ1) is 8.83. The minimum atomic E-state index is 0. The fourth-order valence-electron chi connectivity index (χ4n) is 2.15. The molecule has 0 aliphatic carbocycles. The van der Waals surface area contributed by atoms with Crippen LogP contribution in [0.25, 0.3) is 0 Å². The molecule has 0 bridgehead atoms. The van der Waals surface area contributed by atoms with E-state index in [1.807, 2.05) is 11.6 Å². The summed E-state index contributed by atoms with van der Waals surface area (Å²) in [4.78, 5) is 4.88. The van der Waals surface area contributed by atoms with Gasteiger partial charge in [0.1, 0.15) is 32.6 Å². The fraction of sp³-hybridized carbons (Fsp3) is 1.00. The van der Waals surface area contributed by atoms with Gasteiger partial charge < -0.3 is 9.80 Å². The Morgan fingerprint density at radius 3 is 1.19 bits per heavy atom. The summed E-state index contributed by atoms with van der Waals surface area (Å²) < 4.78 is 0. The summed E-state index contributed by atoms with van der Waals surface area (Å²) in [6, 6.07) is 0. The molecule has 2 rings (SSSR count). The molecule has 0 aromatic heterocycles. The van der Waals surface area contributed by atoms with Crippen molar-refractivity contribution in [3.63, 3.8) is 0 Å². The molecule has 0 saturated carbocycles. The predicted octanol–water partition coefficient (Wildman–Crippen LogP) is 4.52. The van der Waals surface area contributed by atoms with E-state index in [1.54, 1.807) is 0 Å². The largest absolute Gasteiger partial charge is 0.306 e. The zero-order chi connectivity index (χ0) is 14.2. The lowest BCUT2D eigenvalue weighted by Gasteiger charge is -2.24. The highest BCUT2D eigenvalue weighted by atomic mass is 27.0. The van der Waals surface area contributed by atoms with E-state index in [1.165, 1.54) is 64.8 Å². The van der Waals surface area contributed by atoms with Gasteiger partial charge >= 0.3 is 0 Å². The summed E-state index contributed by atoms with van der Waals surface area (Å²) in [7, 11) is 2.17. The Balaban J connectivity index is -0.0000000598. The summed E-state index contributed by atoms with van der Waals surface area (Å²) in [5.74, 6) is 3.83. The van der Waals surface area contributed by atoms with E-state index in [0.717, 1.165) is 0 Å². The highest BCUT2D eigenvalue weighted by Crippen LogP contribution is 2.06. The number of nitrogens with zero attached hydrogens (tertiary/aromatic N) is 2. The first kappa shape index (κ1) is 33.6. The van der Waals surface area contributed by atoms with Crippen LogP contribution in [-0.4, -0.2) is 82.2 Å². The average molecular weight is 331 g/mol. The van der Waals surface area contributed by atoms with Crippen LogP contribution in [0, 0.1) is 0 Å². The molecule has 2 heterocycles. The summed E-state index contributed by atoms with van der Waals surface area (Å²) >= 11 is 4.83. The molecule has 0 amide bonds. The molecule has 0 atom stereocenters. The van der Waals surface area contributed by atoms with Gasteiger partial charge in [-0.2, -0.15) is 0 Å². The van der Waals surface area contributed by atoms with Crippen molar-refractivity contribution in [2.24, 2.45) is 0 Å². The van der Waals surface area contributed by atoms with Crippen LogP contribution in [0.5, 0.6) is 0 Å². The van der Waals surface area contributed by atoms with Gasteiger partial charge in [-0.05, 0) is 65.5 Å². The molecule has 0 spiro atoms. The molecular formula is C17H44Al2N2. The van der Waals surface area contributed by atoms with Crippen molar-refractivity contribution in [3.05, 3.63) is 0 Å². The third-order valence-corrected chi connectivity index (χ3v) is 3.23. The molecule has 2 saturated heterocycles. The Morgan fingerprint density at radius 2 is 1.00 bits per heavy atom. The highest BCUT2D eigenvalue weighted by molar-refractivity contribution is 6.05. The molecule has 2 aliphatic rings. The van der Waals surface area contributed by atoms with E-state index in [9.17, 15) is 0 Å². The molecule has 4 radical (unpaired) electrons. The van der Waals surface area contributed by atoms with E-state index >= 15 is 0 Å². The van der Waals surface area contributed by atoms with E-state index in [-0.39, 0.29) is 22.3 Å². The van der Waals surface area contributed by atoms with Crippen molar-refractivity contribution in [2.45, 2.75) is 72.9 Å². The molecule has 2 nitrogen and oxygen atoms in total. The predicted molar refractivity (Wildman–Crippen MR) is 106 cm³/mol. The number of likely N-dealkylation sites (tertiary alicyclic amines) is 2. The quantitative estimate of drug-likeness (QED) is 0.652. The van der Waals surface area contributed by atoms with E-state index in [2.05, 4.69) is 56.4 Å². The van der Waals surface area contributed by atoms with Crippen LogP contribution in [0.3, 0.4) is 0 Å². The maximum absolute atomic E-state index is 2.52. The minimum Gasteiger partial charge on any atom is -0.306 e. The van der Waals surface area contributed by atoms with Crippen molar-refractivity contribution >= 4 is 32.6 Å². The summed E-state index contributed by atoms with van der Waals surface area (Å²) in [6.45, 7) is 8.82. The van der Waals surface area contributed by atoms with Crippen LogP contribution in [0.2, 0.25) is 11.6 Å². The SMILES string of the molecule is C.C.C.CCN1CCCCC1.CN1CCCC1.[CH3][Al].[CH3][Al]. The number of hydrogen-bond donors (Lipinski definition) is 0. The topological polar surface area (TPSA) is 6.48 Å². The van der Waals surface area contributed by atoms with Crippen molar-refractivity contribution < 1.29 is 0 Å². The van der Waals surface area contributed by atoms with Gasteiger partial charge in [0, 0.05) is 0 Å². The second-order valence-electron chi connectivity index (χ2n) is 4.51. The van der Waals surface area contributed by atoms with Gasteiger partial charge in [0.15, 0.2) is 0 Å². The molecule has 128 valence electrons. The van der Waals surface area contributed by atoms with Gasteiger partial charge in [0.05, 0.1) is 0 Å². The Morgan fingerprint density at radius 1 is 0.667 bits per heavy atom. The fourth-order valence-corrected chi connectivity index (χ4v) is 2.15. The molecule has 0 N–H and O–H groups in total. The molecule has 4 heteroatoms. The van der Waals surface area contributed by atoms with Gasteiger partial charge in [-0.15, -0.1) is 11.6 Å². The average Bonchev–Trinajstić information content (AvgIpc) is 2.96. The Labute approximate surface area is 154 Å². The molecule has 0 unspecified atom stereocenters. The number of piperidine rings is 1. The molecule has 21 heavy (non-hydrogen) atoms. The van der Waals surface area contributed by atoms with Crippen molar-refractivity contribution in [3.8, 4) is 0 Å². The van der Waals surface area contributed by atoms with Crippen molar-refractivity contribution in [2.75, 3.05) is 39.8 Å². The minimum absolute atomic E-state index is 0. The zero-order valence-corrected chi connectivity index (χ0v) is 15.4. The molecular weight excluding hydrogens is 286 g/mol. The smallest absolute Gasteiger partial charge is 0.112 e.